The first-order valence-corrected chi connectivity index (χ1v) is 10.6. The van der Waals surface area contributed by atoms with Crippen molar-refractivity contribution in [2.45, 2.75) is 32.9 Å². The van der Waals surface area contributed by atoms with Gasteiger partial charge in [-0.05, 0) is 41.8 Å². The highest BCUT2D eigenvalue weighted by Gasteiger charge is 2.24. The van der Waals surface area contributed by atoms with Gasteiger partial charge in [0.05, 0.1) is 0 Å². The molecule has 1 aliphatic heterocycles. The summed E-state index contributed by atoms with van der Waals surface area (Å²) in [5.41, 5.74) is 4.58. The number of hydrogen-bond donors (Lipinski definition) is 1. The lowest BCUT2D eigenvalue weighted by Gasteiger charge is -2.16. The summed E-state index contributed by atoms with van der Waals surface area (Å²) in [6.45, 7) is 3.40. The number of ether oxygens (including phenoxy) is 1. The van der Waals surface area contributed by atoms with Crippen molar-refractivity contribution in [2.75, 3.05) is 11.4 Å². The highest BCUT2D eigenvalue weighted by atomic mass is 16.5. The molecule has 5 heteroatoms. The molecule has 4 rings (SSSR count). The summed E-state index contributed by atoms with van der Waals surface area (Å²) in [5.74, 6) is 0.735. The van der Waals surface area contributed by atoms with Crippen molar-refractivity contribution < 1.29 is 14.3 Å². The topological polar surface area (TPSA) is 58.6 Å². The van der Waals surface area contributed by atoms with Crippen LogP contribution in [0.25, 0.3) is 0 Å². The molecule has 31 heavy (non-hydrogen) atoms. The zero-order valence-corrected chi connectivity index (χ0v) is 17.6. The zero-order chi connectivity index (χ0) is 21.6. The largest absolute Gasteiger partial charge is 0.489 e. The maximum Gasteiger partial charge on any atom is 0.251 e. The summed E-state index contributed by atoms with van der Waals surface area (Å²) in [6, 6.07) is 23.3. The molecule has 1 heterocycles. The van der Waals surface area contributed by atoms with Gasteiger partial charge < -0.3 is 15.0 Å². The van der Waals surface area contributed by atoms with E-state index in [1.165, 1.54) is 0 Å². The Kier molecular flexibility index (Phi) is 6.32. The van der Waals surface area contributed by atoms with Gasteiger partial charge in [-0.2, -0.15) is 0 Å². The standard InChI is InChI=1S/C26H26N2O3/c1-2-25(29)28-15-14-20-16-21(12-13-23(20)28)26(30)27-17-22-10-6-7-11-24(22)31-18-19-8-4-3-5-9-19/h3-13,16H,2,14-15,17-18H2,1H3,(H,27,30). The van der Waals surface area contributed by atoms with E-state index >= 15 is 0 Å². The number of para-hydroxylation sites is 1. The number of carbonyl (C=O) groups is 2. The van der Waals surface area contributed by atoms with Crippen molar-refractivity contribution in [3.05, 3.63) is 95.1 Å². The molecule has 1 aliphatic rings. The monoisotopic (exact) mass is 414 g/mol. The maximum absolute atomic E-state index is 12.7. The van der Waals surface area contributed by atoms with Crippen LogP contribution in [-0.4, -0.2) is 18.4 Å². The fourth-order valence-electron chi connectivity index (χ4n) is 3.80. The highest BCUT2D eigenvalue weighted by molar-refractivity contribution is 5.98. The summed E-state index contributed by atoms with van der Waals surface area (Å²) < 4.78 is 5.98. The molecule has 0 aromatic heterocycles. The third kappa shape index (κ3) is 4.77. The molecule has 0 unspecified atom stereocenters. The number of rotatable bonds is 7. The zero-order valence-electron chi connectivity index (χ0n) is 17.6. The molecule has 158 valence electrons. The second-order valence-corrected chi connectivity index (χ2v) is 7.56. The number of hydrogen-bond acceptors (Lipinski definition) is 3. The van der Waals surface area contributed by atoms with Gasteiger partial charge in [-0.1, -0.05) is 55.5 Å². The number of nitrogens with one attached hydrogen (secondary N) is 1. The third-order valence-electron chi connectivity index (χ3n) is 5.49. The summed E-state index contributed by atoms with van der Waals surface area (Å²) in [4.78, 5) is 26.6. The normalized spacial score (nSPS) is 12.4. The first-order valence-electron chi connectivity index (χ1n) is 10.6. The fourth-order valence-corrected chi connectivity index (χ4v) is 3.80. The average Bonchev–Trinajstić information content (AvgIpc) is 3.25. The van der Waals surface area contributed by atoms with Crippen LogP contribution >= 0.6 is 0 Å². The van der Waals surface area contributed by atoms with Crippen LogP contribution in [-0.2, 0) is 24.4 Å². The Morgan fingerprint density at radius 2 is 1.77 bits per heavy atom. The van der Waals surface area contributed by atoms with E-state index in [2.05, 4.69) is 5.32 Å². The van der Waals surface area contributed by atoms with E-state index in [0.29, 0.717) is 31.7 Å². The third-order valence-corrected chi connectivity index (χ3v) is 5.49. The van der Waals surface area contributed by atoms with Gasteiger partial charge in [0.15, 0.2) is 0 Å². The lowest BCUT2D eigenvalue weighted by Crippen LogP contribution is -2.27. The summed E-state index contributed by atoms with van der Waals surface area (Å²) in [7, 11) is 0. The Morgan fingerprint density at radius 1 is 1.00 bits per heavy atom. The van der Waals surface area contributed by atoms with Crippen LogP contribution in [0.4, 0.5) is 5.69 Å². The first kappa shape index (κ1) is 20.7. The second kappa shape index (κ2) is 9.47. The Morgan fingerprint density at radius 3 is 2.58 bits per heavy atom. The maximum atomic E-state index is 12.7. The van der Waals surface area contributed by atoms with E-state index in [0.717, 1.165) is 34.5 Å². The van der Waals surface area contributed by atoms with Crippen molar-refractivity contribution in [1.29, 1.82) is 0 Å². The van der Waals surface area contributed by atoms with E-state index in [4.69, 9.17) is 4.74 Å². The molecule has 0 fully saturated rings. The number of fused-ring (bicyclic) bond motifs is 1. The number of benzene rings is 3. The first-order chi connectivity index (χ1) is 15.2. The number of nitrogens with zero attached hydrogens (tertiary/aromatic N) is 1. The predicted molar refractivity (Wildman–Crippen MR) is 121 cm³/mol. The average molecular weight is 415 g/mol. The SMILES string of the molecule is CCC(=O)N1CCc2cc(C(=O)NCc3ccccc3OCc3ccccc3)ccc21. The molecule has 0 saturated heterocycles. The van der Waals surface area contributed by atoms with E-state index in [1.807, 2.05) is 73.7 Å². The predicted octanol–water partition coefficient (Wildman–Crippen LogP) is 4.49. The van der Waals surface area contributed by atoms with Crippen molar-refractivity contribution in [3.8, 4) is 5.75 Å². The van der Waals surface area contributed by atoms with Crippen LogP contribution in [0.5, 0.6) is 5.75 Å². The molecule has 0 atom stereocenters. The van der Waals surface area contributed by atoms with Crippen LogP contribution in [0, 0.1) is 0 Å². The van der Waals surface area contributed by atoms with Crippen LogP contribution in [0.15, 0.2) is 72.8 Å². The Balaban J connectivity index is 1.40. The van der Waals surface area contributed by atoms with Crippen molar-refractivity contribution in [3.63, 3.8) is 0 Å². The number of carbonyl (C=O) groups excluding carboxylic acids is 2. The minimum atomic E-state index is -0.138. The van der Waals surface area contributed by atoms with Crippen molar-refractivity contribution >= 4 is 17.5 Å². The summed E-state index contributed by atoms with van der Waals surface area (Å²) >= 11 is 0. The number of amides is 2. The molecular weight excluding hydrogens is 388 g/mol. The molecule has 3 aromatic carbocycles. The van der Waals surface area contributed by atoms with Gasteiger partial charge >= 0.3 is 0 Å². The van der Waals surface area contributed by atoms with Crippen LogP contribution < -0.4 is 15.0 Å². The van der Waals surface area contributed by atoms with Crippen LogP contribution in [0.2, 0.25) is 0 Å². The molecule has 0 radical (unpaired) electrons. The van der Waals surface area contributed by atoms with E-state index in [-0.39, 0.29) is 11.8 Å². The fraction of sp³-hybridized carbons (Fsp3) is 0.231. The summed E-state index contributed by atoms with van der Waals surface area (Å²) in [6.07, 6.45) is 1.26. The van der Waals surface area contributed by atoms with Crippen LogP contribution in [0.1, 0.15) is 40.4 Å². The second-order valence-electron chi connectivity index (χ2n) is 7.56. The minimum Gasteiger partial charge on any atom is -0.489 e. The van der Waals surface area contributed by atoms with Gasteiger partial charge in [0.2, 0.25) is 5.91 Å². The molecule has 2 amide bonds. The van der Waals surface area contributed by atoms with Gasteiger partial charge in [0.25, 0.3) is 5.91 Å². The molecule has 1 N–H and O–H groups in total. The molecular formula is C26H26N2O3. The van der Waals surface area contributed by atoms with Gasteiger partial charge in [-0.3, -0.25) is 9.59 Å². The van der Waals surface area contributed by atoms with E-state index in [9.17, 15) is 9.59 Å². The smallest absolute Gasteiger partial charge is 0.251 e. The molecule has 0 saturated carbocycles. The lowest BCUT2D eigenvalue weighted by atomic mass is 10.1. The molecule has 0 spiro atoms. The van der Waals surface area contributed by atoms with Gasteiger partial charge in [-0.15, -0.1) is 0 Å². The summed E-state index contributed by atoms with van der Waals surface area (Å²) in [5, 5.41) is 2.99. The van der Waals surface area contributed by atoms with Crippen LogP contribution in [0.3, 0.4) is 0 Å². The lowest BCUT2D eigenvalue weighted by molar-refractivity contribution is -0.118. The molecule has 0 bridgehead atoms. The van der Waals surface area contributed by atoms with Gasteiger partial charge in [0, 0.05) is 36.3 Å². The van der Waals surface area contributed by atoms with Gasteiger partial charge in [-0.25, -0.2) is 0 Å². The van der Waals surface area contributed by atoms with E-state index < -0.39 is 0 Å². The minimum absolute atomic E-state index is 0.114. The molecule has 3 aromatic rings. The Bertz CT molecular complexity index is 1080. The molecule has 0 aliphatic carbocycles. The Hall–Kier alpha value is -3.60. The quantitative estimate of drug-likeness (QED) is 0.620. The van der Waals surface area contributed by atoms with Gasteiger partial charge in [0.1, 0.15) is 12.4 Å². The molecule has 5 nitrogen and oxygen atoms in total. The van der Waals surface area contributed by atoms with Crippen molar-refractivity contribution in [2.24, 2.45) is 0 Å². The van der Waals surface area contributed by atoms with E-state index in [1.54, 1.807) is 11.0 Å². The Labute approximate surface area is 182 Å². The highest BCUT2D eigenvalue weighted by Crippen LogP contribution is 2.29. The van der Waals surface area contributed by atoms with Crippen molar-refractivity contribution in [1.82, 2.24) is 5.32 Å². The number of anilines is 1.